The van der Waals surface area contributed by atoms with Crippen molar-refractivity contribution in [2.24, 2.45) is 0 Å². The van der Waals surface area contributed by atoms with E-state index in [2.05, 4.69) is 15.9 Å². The van der Waals surface area contributed by atoms with Crippen LogP contribution in [0.1, 0.15) is 29.9 Å². The van der Waals surface area contributed by atoms with Crippen LogP contribution in [0.2, 0.25) is 5.15 Å². The Labute approximate surface area is 115 Å². The van der Waals surface area contributed by atoms with Crippen LogP contribution in [0.3, 0.4) is 0 Å². The van der Waals surface area contributed by atoms with Crippen molar-refractivity contribution in [2.75, 3.05) is 18.0 Å². The van der Waals surface area contributed by atoms with Crippen LogP contribution in [0.25, 0.3) is 4.85 Å². The molecule has 0 aromatic carbocycles. The highest BCUT2D eigenvalue weighted by molar-refractivity contribution is 6.31. The fourth-order valence-corrected chi connectivity index (χ4v) is 2.61. The monoisotopic (exact) mass is 274 g/mol. The van der Waals surface area contributed by atoms with Crippen LogP contribution >= 0.6 is 11.6 Å². The van der Waals surface area contributed by atoms with Crippen LogP contribution in [0, 0.1) is 17.9 Å². The van der Waals surface area contributed by atoms with Gasteiger partial charge in [0.15, 0.2) is 0 Å². The van der Waals surface area contributed by atoms with Crippen molar-refractivity contribution < 1.29 is 5.11 Å². The normalized spacial score (nSPS) is 18.6. The van der Waals surface area contributed by atoms with E-state index in [9.17, 15) is 10.4 Å². The Morgan fingerprint density at radius 2 is 2.16 bits per heavy atom. The summed E-state index contributed by atoms with van der Waals surface area (Å²) in [6, 6.07) is 2.07. The lowest BCUT2D eigenvalue weighted by Crippen LogP contribution is -2.51. The summed E-state index contributed by atoms with van der Waals surface area (Å²) in [5, 5.41) is 18.7. The minimum absolute atomic E-state index is 0.160. The quantitative estimate of drug-likeness (QED) is 0.663. The van der Waals surface area contributed by atoms with Gasteiger partial charge in [0.1, 0.15) is 17.0 Å². The molecule has 2 aliphatic rings. The third-order valence-electron chi connectivity index (χ3n) is 3.52. The lowest BCUT2D eigenvalue weighted by Gasteiger charge is -2.38. The maximum atomic E-state index is 9.37. The molecule has 1 aliphatic heterocycles. The lowest BCUT2D eigenvalue weighted by atomic mass is 10.0. The van der Waals surface area contributed by atoms with Crippen molar-refractivity contribution in [3.8, 4) is 6.07 Å². The molecule has 1 saturated carbocycles. The van der Waals surface area contributed by atoms with E-state index in [-0.39, 0.29) is 17.2 Å². The maximum Gasteiger partial charge on any atom is 0.233 e. The molecule has 2 heterocycles. The lowest BCUT2D eigenvalue weighted by molar-refractivity contribution is 0.141. The third kappa shape index (κ3) is 1.92. The molecule has 2 fully saturated rings. The minimum Gasteiger partial charge on any atom is -0.389 e. The zero-order valence-electron chi connectivity index (χ0n) is 10.1. The second-order valence-corrected chi connectivity index (χ2v) is 5.28. The van der Waals surface area contributed by atoms with Crippen LogP contribution in [0.4, 0.5) is 11.5 Å². The number of hydrogen-bond acceptors (Lipinski definition) is 4. The highest BCUT2D eigenvalue weighted by Crippen LogP contribution is 2.50. The Kier molecular flexibility index (Phi) is 2.82. The van der Waals surface area contributed by atoms with Crippen LogP contribution in [0.15, 0.2) is 0 Å². The van der Waals surface area contributed by atoms with Gasteiger partial charge in [0.05, 0.1) is 18.2 Å². The summed E-state index contributed by atoms with van der Waals surface area (Å²) in [5.41, 5.74) is 1.50. The summed E-state index contributed by atoms with van der Waals surface area (Å²) >= 11 is 6.07. The largest absolute Gasteiger partial charge is 0.389 e. The molecule has 1 aliphatic carbocycles. The number of halogens is 1. The summed E-state index contributed by atoms with van der Waals surface area (Å²) in [4.78, 5) is 9.58. The molecule has 96 valence electrons. The number of anilines is 1. The number of rotatable bonds is 2. The highest BCUT2D eigenvalue weighted by Gasteiger charge is 2.35. The van der Waals surface area contributed by atoms with Crippen LogP contribution in [-0.4, -0.2) is 29.3 Å². The van der Waals surface area contributed by atoms with E-state index in [1.165, 1.54) is 0 Å². The molecule has 0 atom stereocenters. The van der Waals surface area contributed by atoms with Crippen molar-refractivity contribution in [1.82, 2.24) is 4.98 Å². The van der Waals surface area contributed by atoms with E-state index in [1.807, 2.05) is 4.90 Å². The number of aliphatic hydroxyl groups excluding tert-OH is 1. The number of β-amino-alcohol motifs (C(OH)–C–C–N with tert-alkyl or cyclic N) is 1. The average molecular weight is 275 g/mol. The number of nitrogens with zero attached hydrogens (tertiary/aromatic N) is 4. The summed E-state index contributed by atoms with van der Waals surface area (Å²) in [7, 11) is 0. The number of nitriles is 1. The standard InChI is InChI=1S/C13H11ClN4O/c1-16-11-10(7-2-3-7)9(4-15)12(14)17-13(11)18-5-8(19)6-18/h7-8,19H,2-3,5-6H2. The Morgan fingerprint density at radius 3 is 2.63 bits per heavy atom. The number of pyridine rings is 1. The van der Waals surface area contributed by atoms with Crippen molar-refractivity contribution in [3.05, 3.63) is 27.7 Å². The predicted octanol–water partition coefficient (Wildman–Crippen LogP) is 2.22. The van der Waals surface area contributed by atoms with Crippen molar-refractivity contribution in [1.29, 1.82) is 5.26 Å². The Balaban J connectivity index is 2.16. The van der Waals surface area contributed by atoms with Gasteiger partial charge in [-0.05, 0) is 24.3 Å². The Bertz CT molecular complexity index is 621. The molecule has 1 saturated heterocycles. The maximum absolute atomic E-state index is 9.37. The first-order valence-corrected chi connectivity index (χ1v) is 6.47. The Morgan fingerprint density at radius 1 is 1.47 bits per heavy atom. The van der Waals surface area contributed by atoms with Gasteiger partial charge in [0.2, 0.25) is 5.69 Å². The Hall–Kier alpha value is -1.82. The first-order chi connectivity index (χ1) is 9.15. The zero-order valence-corrected chi connectivity index (χ0v) is 10.9. The topological polar surface area (TPSA) is 64.5 Å². The van der Waals surface area contributed by atoms with Crippen molar-refractivity contribution >= 4 is 23.1 Å². The molecule has 1 N–H and O–H groups in total. The number of hydrogen-bond donors (Lipinski definition) is 1. The highest BCUT2D eigenvalue weighted by atomic mass is 35.5. The molecule has 0 amide bonds. The molecule has 0 radical (unpaired) electrons. The molecule has 3 rings (SSSR count). The first kappa shape index (κ1) is 12.2. The van der Waals surface area contributed by atoms with Crippen molar-refractivity contribution in [2.45, 2.75) is 24.9 Å². The van der Waals surface area contributed by atoms with Gasteiger partial charge in [-0.3, -0.25) is 0 Å². The smallest absolute Gasteiger partial charge is 0.233 e. The van der Waals surface area contributed by atoms with E-state index in [0.717, 1.165) is 18.4 Å². The summed E-state index contributed by atoms with van der Waals surface area (Å²) in [5.74, 6) is 0.760. The van der Waals surface area contributed by atoms with Crippen LogP contribution in [0.5, 0.6) is 0 Å². The van der Waals surface area contributed by atoms with Gasteiger partial charge in [-0.15, -0.1) is 0 Å². The zero-order chi connectivity index (χ0) is 13.6. The molecule has 5 nitrogen and oxygen atoms in total. The molecule has 19 heavy (non-hydrogen) atoms. The van der Waals surface area contributed by atoms with Gasteiger partial charge in [-0.1, -0.05) is 11.6 Å². The summed E-state index contributed by atoms with van der Waals surface area (Å²) in [6.45, 7) is 8.30. The minimum atomic E-state index is -0.376. The average Bonchev–Trinajstić information content (AvgIpc) is 3.17. The molecular formula is C13H11ClN4O. The summed E-state index contributed by atoms with van der Waals surface area (Å²) < 4.78 is 0. The molecule has 0 bridgehead atoms. The molecule has 0 spiro atoms. The molecular weight excluding hydrogens is 264 g/mol. The van der Waals surface area contributed by atoms with Gasteiger partial charge in [-0.2, -0.15) is 5.26 Å². The number of aliphatic hydroxyl groups is 1. The molecule has 1 aromatic rings. The van der Waals surface area contributed by atoms with Crippen molar-refractivity contribution in [3.63, 3.8) is 0 Å². The van der Waals surface area contributed by atoms with Gasteiger partial charge in [-0.25, -0.2) is 9.83 Å². The van der Waals surface area contributed by atoms with Gasteiger partial charge in [0.25, 0.3) is 0 Å². The first-order valence-electron chi connectivity index (χ1n) is 6.09. The van der Waals surface area contributed by atoms with E-state index < -0.39 is 0 Å². The second kappa shape index (κ2) is 4.38. The van der Waals surface area contributed by atoms with Gasteiger partial charge in [0, 0.05) is 13.1 Å². The molecule has 6 heteroatoms. The van der Waals surface area contributed by atoms with E-state index in [0.29, 0.717) is 30.2 Å². The predicted molar refractivity (Wildman–Crippen MR) is 70.4 cm³/mol. The van der Waals surface area contributed by atoms with Gasteiger partial charge < -0.3 is 10.0 Å². The molecule has 1 aromatic heterocycles. The SMILES string of the molecule is [C-]#[N+]c1c(N2CC(O)C2)nc(Cl)c(C#N)c1C1CC1. The van der Waals surface area contributed by atoms with Crippen LogP contribution in [-0.2, 0) is 0 Å². The fourth-order valence-electron chi connectivity index (χ4n) is 2.39. The van der Waals surface area contributed by atoms with E-state index in [4.69, 9.17) is 18.2 Å². The van der Waals surface area contributed by atoms with E-state index >= 15 is 0 Å². The second-order valence-electron chi connectivity index (χ2n) is 4.92. The third-order valence-corrected chi connectivity index (χ3v) is 3.79. The van der Waals surface area contributed by atoms with Crippen LogP contribution < -0.4 is 4.90 Å². The number of aromatic nitrogens is 1. The van der Waals surface area contributed by atoms with E-state index in [1.54, 1.807) is 0 Å². The summed E-state index contributed by atoms with van der Waals surface area (Å²) in [6.07, 6.45) is 1.60. The fraction of sp³-hybridized carbons (Fsp3) is 0.462. The molecule has 0 unspecified atom stereocenters. The van der Waals surface area contributed by atoms with Gasteiger partial charge >= 0.3 is 0 Å².